The van der Waals surface area contributed by atoms with E-state index < -0.39 is 0 Å². The second-order valence-electron chi connectivity index (χ2n) is 7.43. The van der Waals surface area contributed by atoms with Crippen molar-refractivity contribution in [3.8, 4) is 22.6 Å². The van der Waals surface area contributed by atoms with Gasteiger partial charge >= 0.3 is 0 Å². The first-order chi connectivity index (χ1) is 15.5. The number of fused-ring (bicyclic) bond motifs is 2. The molecule has 0 amide bonds. The maximum Gasteiger partial charge on any atom is 0.129 e. The minimum atomic E-state index is 0.0973. The predicted octanol–water partition coefficient (Wildman–Crippen LogP) is 8.52. The molecule has 0 fully saturated rings. The van der Waals surface area contributed by atoms with Gasteiger partial charge in [0, 0.05) is 22.3 Å². The van der Waals surface area contributed by atoms with Gasteiger partial charge in [0.2, 0.25) is 0 Å². The summed E-state index contributed by atoms with van der Waals surface area (Å²) < 4.78 is 0.195. The van der Waals surface area contributed by atoms with Crippen LogP contribution >= 0.6 is 47.0 Å². The average Bonchev–Trinajstić information content (AvgIpc) is 2.82. The molecule has 6 heteroatoms. The minimum absolute atomic E-state index is 0.0973. The molecule has 4 aromatic rings. The van der Waals surface area contributed by atoms with Crippen molar-refractivity contribution in [1.29, 1.82) is 0 Å². The number of hydrogen-bond acceptors (Lipinski definition) is 6. The van der Waals surface area contributed by atoms with Gasteiger partial charge in [-0.05, 0) is 58.7 Å². The van der Waals surface area contributed by atoms with E-state index in [0.29, 0.717) is 11.1 Å². The molecule has 166 valence electrons. The zero-order valence-corrected chi connectivity index (χ0v) is 21.7. The fourth-order valence-corrected chi connectivity index (χ4v) is 7.56. The molecule has 0 aromatic heterocycles. The third-order valence-corrected chi connectivity index (χ3v) is 10.8. The van der Waals surface area contributed by atoms with Crippen LogP contribution in [0.25, 0.3) is 32.7 Å². The van der Waals surface area contributed by atoms with E-state index in [1.165, 1.54) is 0 Å². The lowest BCUT2D eigenvalue weighted by Gasteiger charge is -2.23. The predicted molar refractivity (Wildman–Crippen MR) is 150 cm³/mol. The molecule has 32 heavy (non-hydrogen) atoms. The van der Waals surface area contributed by atoms with E-state index in [1.54, 1.807) is 47.0 Å². The van der Waals surface area contributed by atoms with Gasteiger partial charge in [-0.15, -0.1) is 47.0 Å². The van der Waals surface area contributed by atoms with Crippen molar-refractivity contribution < 1.29 is 10.2 Å². The van der Waals surface area contributed by atoms with Crippen LogP contribution in [0.1, 0.15) is 20.3 Å². The molecule has 0 atom stereocenters. The van der Waals surface area contributed by atoms with E-state index in [1.807, 2.05) is 36.4 Å². The summed E-state index contributed by atoms with van der Waals surface area (Å²) in [6.07, 6.45) is 8.24. The third-order valence-electron chi connectivity index (χ3n) is 5.72. The molecule has 0 radical (unpaired) electrons. The fraction of sp³-hybridized carbons (Fsp3) is 0.231. The number of rotatable bonds is 7. The molecule has 0 aliphatic carbocycles. The first-order valence-corrected chi connectivity index (χ1v) is 15.3. The van der Waals surface area contributed by atoms with Crippen LogP contribution in [0.15, 0.2) is 60.7 Å². The number of benzene rings is 4. The van der Waals surface area contributed by atoms with Gasteiger partial charge in [0.1, 0.15) is 11.5 Å². The molecular weight excluding hydrogens is 473 g/mol. The van der Waals surface area contributed by atoms with Crippen molar-refractivity contribution in [2.45, 2.75) is 9.16 Å². The van der Waals surface area contributed by atoms with Crippen LogP contribution in [-0.2, 0) is 0 Å². The Labute approximate surface area is 206 Å². The Morgan fingerprint density at radius 2 is 0.906 bits per heavy atom. The lowest BCUT2D eigenvalue weighted by Crippen LogP contribution is -1.97. The normalized spacial score (nSPS) is 11.8. The summed E-state index contributed by atoms with van der Waals surface area (Å²) in [4.78, 5) is 0. The van der Waals surface area contributed by atoms with E-state index in [-0.39, 0.29) is 20.7 Å². The summed E-state index contributed by atoms with van der Waals surface area (Å²) in [5, 5.41) is 27.3. The van der Waals surface area contributed by atoms with Crippen LogP contribution in [0.4, 0.5) is 0 Å². The van der Waals surface area contributed by atoms with Gasteiger partial charge in [-0.25, -0.2) is 0 Å². The summed E-state index contributed by atoms with van der Waals surface area (Å²) in [7, 11) is 0. The second kappa shape index (κ2) is 10.1. The zero-order valence-electron chi connectivity index (χ0n) is 18.5. The molecule has 4 rings (SSSR count). The van der Waals surface area contributed by atoms with E-state index >= 15 is 0 Å². The first kappa shape index (κ1) is 23.6. The molecule has 0 saturated heterocycles. The lowest BCUT2D eigenvalue weighted by molar-refractivity contribution is 0.465. The molecule has 4 aromatic carbocycles. The van der Waals surface area contributed by atoms with Crippen LogP contribution in [0.3, 0.4) is 0 Å². The fourth-order valence-electron chi connectivity index (χ4n) is 4.28. The monoisotopic (exact) mass is 498 g/mol. The van der Waals surface area contributed by atoms with Gasteiger partial charge in [0.15, 0.2) is 0 Å². The summed E-state index contributed by atoms with van der Waals surface area (Å²) in [5.41, 5.74) is 3.20. The van der Waals surface area contributed by atoms with Crippen molar-refractivity contribution in [2.24, 2.45) is 0 Å². The van der Waals surface area contributed by atoms with Crippen molar-refractivity contribution in [3.05, 3.63) is 71.8 Å². The number of phenolic OH excluding ortho intramolecular Hbond substituents is 2. The summed E-state index contributed by atoms with van der Waals surface area (Å²) in [6.45, 7) is 0. The van der Waals surface area contributed by atoms with Gasteiger partial charge in [-0.3, -0.25) is 0 Å². The Morgan fingerprint density at radius 1 is 0.562 bits per heavy atom. The van der Waals surface area contributed by atoms with Gasteiger partial charge < -0.3 is 10.2 Å². The van der Waals surface area contributed by atoms with Crippen LogP contribution in [0, 0.1) is 0 Å². The van der Waals surface area contributed by atoms with Gasteiger partial charge in [-0.2, -0.15) is 0 Å². The van der Waals surface area contributed by atoms with Crippen molar-refractivity contribution in [2.75, 3.05) is 25.0 Å². The van der Waals surface area contributed by atoms with Gasteiger partial charge in [0.25, 0.3) is 0 Å². The van der Waals surface area contributed by atoms with Crippen molar-refractivity contribution >= 4 is 68.6 Å². The van der Waals surface area contributed by atoms with Crippen LogP contribution in [0.2, 0.25) is 0 Å². The van der Waals surface area contributed by atoms with Gasteiger partial charge in [0.05, 0.1) is 9.16 Å². The molecule has 2 nitrogen and oxygen atoms in total. The van der Waals surface area contributed by atoms with E-state index in [4.69, 9.17) is 0 Å². The van der Waals surface area contributed by atoms with Gasteiger partial charge in [-0.1, -0.05) is 48.5 Å². The Balaban J connectivity index is 2.18. The SMILES string of the molecule is CSC(SC)c1cc2ccccc2c(-c2c(O)c(C(SC)SC)cc3ccccc23)c1O. The van der Waals surface area contributed by atoms with Crippen molar-refractivity contribution in [1.82, 2.24) is 0 Å². The highest BCUT2D eigenvalue weighted by Crippen LogP contribution is 2.53. The first-order valence-electron chi connectivity index (χ1n) is 10.2. The molecule has 0 bridgehead atoms. The number of aromatic hydroxyl groups is 2. The van der Waals surface area contributed by atoms with Crippen LogP contribution < -0.4 is 0 Å². The molecule has 0 saturated carbocycles. The number of phenols is 2. The Bertz CT molecular complexity index is 1160. The van der Waals surface area contributed by atoms with E-state index in [2.05, 4.69) is 49.3 Å². The smallest absolute Gasteiger partial charge is 0.129 e. The molecule has 0 aliphatic rings. The zero-order chi connectivity index (χ0) is 22.8. The lowest BCUT2D eigenvalue weighted by atomic mass is 9.89. The second-order valence-corrected chi connectivity index (χ2v) is 11.8. The Morgan fingerprint density at radius 3 is 1.25 bits per heavy atom. The highest BCUT2D eigenvalue weighted by atomic mass is 32.2. The summed E-state index contributed by atoms with van der Waals surface area (Å²) >= 11 is 6.83. The van der Waals surface area contributed by atoms with Crippen LogP contribution in [0.5, 0.6) is 11.5 Å². The Hall–Kier alpha value is -1.60. The van der Waals surface area contributed by atoms with Crippen LogP contribution in [-0.4, -0.2) is 35.2 Å². The Kier molecular flexibility index (Phi) is 7.45. The van der Waals surface area contributed by atoms with E-state index in [0.717, 1.165) is 32.7 Å². The number of hydrogen-bond donors (Lipinski definition) is 2. The molecule has 0 aliphatic heterocycles. The van der Waals surface area contributed by atoms with E-state index in [9.17, 15) is 10.2 Å². The molecule has 2 N–H and O–H groups in total. The summed E-state index contributed by atoms with van der Waals surface area (Å²) in [5.74, 6) is 0.500. The maximum atomic E-state index is 11.7. The average molecular weight is 499 g/mol. The summed E-state index contributed by atoms with van der Waals surface area (Å²) in [6, 6.07) is 20.4. The minimum Gasteiger partial charge on any atom is -0.507 e. The molecule has 0 unspecified atom stereocenters. The third kappa shape index (κ3) is 4.07. The standard InChI is InChI=1S/C26H26O2S4/c1-29-25(30-2)19-13-15-9-5-7-11-17(15)21(23(19)27)22-18-12-8-6-10-16(18)14-20(24(22)28)26(31-3)32-4/h5-14,25-28H,1-4H3. The number of thioether (sulfide) groups is 4. The topological polar surface area (TPSA) is 40.5 Å². The molecule has 0 spiro atoms. The van der Waals surface area contributed by atoms with Crippen molar-refractivity contribution in [3.63, 3.8) is 0 Å². The highest BCUT2D eigenvalue weighted by molar-refractivity contribution is 8.16. The molecule has 0 heterocycles. The highest BCUT2D eigenvalue weighted by Gasteiger charge is 2.26. The maximum absolute atomic E-state index is 11.7. The quantitative estimate of drug-likeness (QED) is 0.249. The molecular formula is C26H26O2S4. The largest absolute Gasteiger partial charge is 0.507 e.